The van der Waals surface area contributed by atoms with Crippen LogP contribution < -0.4 is 10.6 Å². The Hall–Kier alpha value is -2.39. The van der Waals surface area contributed by atoms with E-state index in [1.807, 2.05) is 18.7 Å². The van der Waals surface area contributed by atoms with Crippen molar-refractivity contribution in [2.24, 2.45) is 4.99 Å². The predicted molar refractivity (Wildman–Crippen MR) is 146 cm³/mol. The van der Waals surface area contributed by atoms with Crippen molar-refractivity contribution in [3.8, 4) is 0 Å². The highest BCUT2D eigenvalue weighted by atomic mass is 127. The third kappa shape index (κ3) is 8.16. The fraction of sp³-hybridized carbons (Fsp3) is 0.385. The number of hydrogen-bond donors (Lipinski definition) is 2. The Morgan fingerprint density at radius 1 is 1.00 bits per heavy atom. The molecule has 1 aliphatic heterocycles. The lowest BCUT2D eigenvalue weighted by molar-refractivity contribution is 0.198. The van der Waals surface area contributed by atoms with Gasteiger partial charge in [0.1, 0.15) is 0 Å². The number of nitrogens with one attached hydrogen (secondary N) is 2. The van der Waals surface area contributed by atoms with E-state index in [1.165, 1.54) is 16.7 Å². The quantitative estimate of drug-likeness (QED) is 0.247. The number of rotatable bonds is 8. The van der Waals surface area contributed by atoms with Crippen molar-refractivity contribution in [3.63, 3.8) is 0 Å². The average Bonchev–Trinajstić information content (AvgIpc) is 3.33. The van der Waals surface area contributed by atoms with Gasteiger partial charge in [-0.15, -0.1) is 24.0 Å². The summed E-state index contributed by atoms with van der Waals surface area (Å²) < 4.78 is 2.08. The fourth-order valence-corrected chi connectivity index (χ4v) is 4.18. The van der Waals surface area contributed by atoms with Gasteiger partial charge in [-0.1, -0.05) is 54.6 Å². The monoisotopic (exact) mass is 558 g/mol. The van der Waals surface area contributed by atoms with Crippen LogP contribution in [-0.4, -0.2) is 46.1 Å². The molecule has 4 rings (SSSR count). The van der Waals surface area contributed by atoms with Gasteiger partial charge in [-0.2, -0.15) is 0 Å². The molecule has 1 aromatic heterocycles. The number of guanidine groups is 1. The Kier molecular flexibility index (Phi) is 10.2. The molecule has 1 aliphatic rings. The normalized spacial score (nSPS) is 15.1. The molecule has 2 aromatic carbocycles. The summed E-state index contributed by atoms with van der Waals surface area (Å²) in [5.74, 6) is 0.911. The molecule has 0 unspecified atom stereocenters. The van der Waals surface area contributed by atoms with Crippen molar-refractivity contribution < 1.29 is 0 Å². The third-order valence-corrected chi connectivity index (χ3v) is 5.86. The first kappa shape index (κ1) is 25.2. The molecule has 176 valence electrons. The largest absolute Gasteiger partial charge is 0.357 e. The number of hydrogen-bond acceptors (Lipinski definition) is 3. The lowest BCUT2D eigenvalue weighted by atomic mass is 10.0. The molecule has 0 radical (unpaired) electrons. The molecular formula is C26H35IN6. The maximum Gasteiger partial charge on any atom is 0.191 e. The van der Waals surface area contributed by atoms with Gasteiger partial charge in [-0.05, 0) is 36.5 Å². The van der Waals surface area contributed by atoms with E-state index in [-0.39, 0.29) is 24.0 Å². The van der Waals surface area contributed by atoms with Crippen LogP contribution in [0.1, 0.15) is 36.5 Å². The molecule has 1 fully saturated rings. The number of imidazole rings is 1. The SMILES string of the molecule is CCNC(=NCc1cccc(Cn2ccnc2)c1)NC1CCN(Cc2ccccc2)CC1.I. The molecule has 0 aliphatic carbocycles. The topological polar surface area (TPSA) is 57.5 Å². The number of piperidine rings is 1. The number of nitrogens with zero attached hydrogens (tertiary/aromatic N) is 4. The van der Waals surface area contributed by atoms with Gasteiger partial charge in [0.2, 0.25) is 0 Å². The van der Waals surface area contributed by atoms with Gasteiger partial charge in [0.05, 0.1) is 12.9 Å². The Morgan fingerprint density at radius 2 is 1.76 bits per heavy atom. The standard InChI is InChI=1S/C26H34N6.HI/c1-2-28-26(29-18-23-9-6-10-24(17-23)20-32-16-13-27-21-32)30-25-11-14-31(15-12-25)19-22-7-4-3-5-8-22;/h3-10,13,16-17,21,25H,2,11-12,14-15,18-20H2,1H3,(H2,28,29,30);1H. The lowest BCUT2D eigenvalue weighted by Crippen LogP contribution is -2.48. The molecule has 0 bridgehead atoms. The number of aliphatic imine (C=N–C) groups is 1. The molecule has 0 atom stereocenters. The van der Waals surface area contributed by atoms with Crippen LogP contribution in [0.2, 0.25) is 0 Å². The van der Waals surface area contributed by atoms with Crippen molar-refractivity contribution in [1.29, 1.82) is 0 Å². The summed E-state index contributed by atoms with van der Waals surface area (Å²) in [6.07, 6.45) is 7.93. The summed E-state index contributed by atoms with van der Waals surface area (Å²) in [6, 6.07) is 19.9. The van der Waals surface area contributed by atoms with Crippen molar-refractivity contribution in [3.05, 3.63) is 90.0 Å². The molecule has 33 heavy (non-hydrogen) atoms. The van der Waals surface area contributed by atoms with E-state index in [1.54, 1.807) is 0 Å². The smallest absolute Gasteiger partial charge is 0.191 e. The van der Waals surface area contributed by atoms with Crippen molar-refractivity contribution in [2.75, 3.05) is 19.6 Å². The highest BCUT2D eigenvalue weighted by Crippen LogP contribution is 2.14. The van der Waals surface area contributed by atoms with Crippen molar-refractivity contribution in [2.45, 2.75) is 45.4 Å². The van der Waals surface area contributed by atoms with Gasteiger partial charge in [0.15, 0.2) is 5.96 Å². The summed E-state index contributed by atoms with van der Waals surface area (Å²) in [7, 11) is 0. The van der Waals surface area contributed by atoms with Crippen LogP contribution in [0.4, 0.5) is 0 Å². The summed E-state index contributed by atoms with van der Waals surface area (Å²) in [5, 5.41) is 7.08. The Bertz CT molecular complexity index is 965. The van der Waals surface area contributed by atoms with E-state index in [9.17, 15) is 0 Å². The average molecular weight is 559 g/mol. The van der Waals surface area contributed by atoms with E-state index in [4.69, 9.17) is 4.99 Å². The first-order chi connectivity index (χ1) is 15.8. The molecule has 0 spiro atoms. The van der Waals surface area contributed by atoms with Crippen LogP contribution in [0.3, 0.4) is 0 Å². The maximum absolute atomic E-state index is 4.86. The molecule has 7 heteroatoms. The zero-order valence-electron chi connectivity index (χ0n) is 19.4. The minimum Gasteiger partial charge on any atom is -0.357 e. The summed E-state index contributed by atoms with van der Waals surface area (Å²) in [5.41, 5.74) is 3.88. The first-order valence-electron chi connectivity index (χ1n) is 11.6. The fourth-order valence-electron chi connectivity index (χ4n) is 4.18. The molecule has 6 nitrogen and oxygen atoms in total. The van der Waals surface area contributed by atoms with Crippen molar-refractivity contribution in [1.82, 2.24) is 25.1 Å². The molecular weight excluding hydrogens is 523 g/mol. The second kappa shape index (κ2) is 13.3. The van der Waals surface area contributed by atoms with E-state index >= 15 is 0 Å². The third-order valence-electron chi connectivity index (χ3n) is 5.86. The van der Waals surface area contributed by atoms with E-state index in [0.29, 0.717) is 12.6 Å². The number of likely N-dealkylation sites (tertiary alicyclic amines) is 1. The molecule has 2 heterocycles. The van der Waals surface area contributed by atoms with Crippen LogP contribution in [0.5, 0.6) is 0 Å². The van der Waals surface area contributed by atoms with Crippen LogP contribution in [0.25, 0.3) is 0 Å². The van der Waals surface area contributed by atoms with Gasteiger partial charge >= 0.3 is 0 Å². The minimum absolute atomic E-state index is 0. The number of aromatic nitrogens is 2. The first-order valence-corrected chi connectivity index (χ1v) is 11.6. The second-order valence-electron chi connectivity index (χ2n) is 8.43. The molecule has 0 amide bonds. The maximum atomic E-state index is 4.86. The van der Waals surface area contributed by atoms with Gasteiger partial charge in [-0.3, -0.25) is 4.90 Å². The van der Waals surface area contributed by atoms with Gasteiger partial charge in [0, 0.05) is 51.2 Å². The van der Waals surface area contributed by atoms with Gasteiger partial charge in [-0.25, -0.2) is 9.98 Å². The Morgan fingerprint density at radius 3 is 2.48 bits per heavy atom. The molecule has 1 saturated heterocycles. The van der Waals surface area contributed by atoms with Crippen LogP contribution in [0, 0.1) is 0 Å². The zero-order valence-corrected chi connectivity index (χ0v) is 21.7. The Balaban J connectivity index is 0.00000306. The molecule has 3 aromatic rings. The zero-order chi connectivity index (χ0) is 22.0. The Labute approximate surface area is 214 Å². The summed E-state index contributed by atoms with van der Waals surface area (Å²) in [6.45, 7) is 7.74. The van der Waals surface area contributed by atoms with E-state index < -0.39 is 0 Å². The lowest BCUT2D eigenvalue weighted by Gasteiger charge is -2.33. The van der Waals surface area contributed by atoms with Crippen LogP contribution in [-0.2, 0) is 19.6 Å². The number of benzene rings is 2. The highest BCUT2D eigenvalue weighted by Gasteiger charge is 2.20. The molecule has 0 saturated carbocycles. The van der Waals surface area contributed by atoms with E-state index in [0.717, 1.165) is 51.5 Å². The molecule has 2 N–H and O–H groups in total. The van der Waals surface area contributed by atoms with E-state index in [2.05, 4.69) is 86.6 Å². The minimum atomic E-state index is 0. The summed E-state index contributed by atoms with van der Waals surface area (Å²) >= 11 is 0. The van der Waals surface area contributed by atoms with Gasteiger partial charge < -0.3 is 15.2 Å². The van der Waals surface area contributed by atoms with Crippen LogP contribution in [0.15, 0.2) is 78.3 Å². The number of halogens is 1. The second-order valence-corrected chi connectivity index (χ2v) is 8.43. The van der Waals surface area contributed by atoms with Gasteiger partial charge in [0.25, 0.3) is 0 Å². The van der Waals surface area contributed by atoms with Crippen molar-refractivity contribution >= 4 is 29.9 Å². The highest BCUT2D eigenvalue weighted by molar-refractivity contribution is 14.0. The van der Waals surface area contributed by atoms with Crippen LogP contribution >= 0.6 is 24.0 Å². The summed E-state index contributed by atoms with van der Waals surface area (Å²) in [4.78, 5) is 11.5. The predicted octanol–water partition coefficient (Wildman–Crippen LogP) is 4.27.